The molecular formula is C54H65IO5Si3. The van der Waals surface area contributed by atoms with Gasteiger partial charge in [-0.3, -0.25) is 0 Å². The molecule has 1 aliphatic rings. The van der Waals surface area contributed by atoms with E-state index in [1.54, 1.807) is 0 Å². The van der Waals surface area contributed by atoms with Crippen molar-refractivity contribution in [3.05, 3.63) is 182 Å². The van der Waals surface area contributed by atoms with Crippen LogP contribution < -0.4 is 31.1 Å². The standard InChI is InChI=1S/C54H65IO5Si3/c1-52(2,3)61(41-28-16-10-17-29-41,42-30-18-11-19-31-42)57-40-47-49(59-62(53(4,5)6,43-32-20-12-21-33-43)44-34-22-13-23-35-44)50(48(55)51(56)58-47)60-63(54(7,8)9,45-36-24-14-25-37-45)46-38-26-15-27-39-46/h10-39,47-51,56H,40H2,1-9H3/t47-,48-,49-,50-,51-/m1/s1. The van der Waals surface area contributed by atoms with Crippen LogP contribution in [0.4, 0.5) is 0 Å². The lowest BCUT2D eigenvalue weighted by atomic mass is 10.0. The smallest absolute Gasteiger partial charge is 0.261 e. The lowest BCUT2D eigenvalue weighted by Gasteiger charge is -2.54. The van der Waals surface area contributed by atoms with E-state index in [9.17, 15) is 5.11 Å². The third-order valence-corrected chi connectivity index (χ3v) is 29.3. The zero-order chi connectivity index (χ0) is 45.1. The summed E-state index contributed by atoms with van der Waals surface area (Å²) in [5.74, 6) is 0. The topological polar surface area (TPSA) is 57.2 Å². The Morgan fingerprint density at radius 3 is 0.952 bits per heavy atom. The van der Waals surface area contributed by atoms with Crippen molar-refractivity contribution in [1.29, 1.82) is 0 Å². The van der Waals surface area contributed by atoms with E-state index in [1.165, 1.54) is 10.4 Å². The van der Waals surface area contributed by atoms with E-state index in [-0.39, 0.29) is 21.7 Å². The molecule has 5 nitrogen and oxygen atoms in total. The Morgan fingerprint density at radius 1 is 0.429 bits per heavy atom. The van der Waals surface area contributed by atoms with Crippen LogP contribution >= 0.6 is 22.6 Å². The minimum absolute atomic E-state index is 0.178. The van der Waals surface area contributed by atoms with Crippen molar-refractivity contribution in [2.75, 3.05) is 6.61 Å². The molecule has 0 aliphatic carbocycles. The third-order valence-electron chi connectivity index (χ3n) is 12.9. The number of benzene rings is 6. The molecule has 6 aromatic carbocycles. The van der Waals surface area contributed by atoms with Crippen molar-refractivity contribution in [2.24, 2.45) is 0 Å². The van der Waals surface area contributed by atoms with Crippen molar-refractivity contribution >= 4 is 78.7 Å². The first-order valence-electron chi connectivity index (χ1n) is 22.3. The van der Waals surface area contributed by atoms with Crippen LogP contribution in [0.25, 0.3) is 0 Å². The first-order chi connectivity index (χ1) is 30.0. The molecule has 1 aliphatic heterocycles. The molecule has 1 fully saturated rings. The quantitative estimate of drug-likeness (QED) is 0.0712. The SMILES string of the molecule is CC(C)(C)[Si](OC[C@H]1O[C@@H](O)[C@H](I)[C@@H](O[Si](c2ccccc2)(c2ccccc2)C(C)(C)C)[C@@H]1O[Si](c1ccccc1)(c1ccccc1)C(C)(C)C)(c1ccccc1)c1ccccc1. The zero-order valence-corrected chi connectivity index (χ0v) is 43.5. The normalized spacial score (nSPS) is 20.3. The van der Waals surface area contributed by atoms with Gasteiger partial charge in [-0.15, -0.1) is 0 Å². The molecular weight excluding hydrogens is 940 g/mol. The second-order valence-electron chi connectivity index (χ2n) is 20.0. The number of rotatable bonds is 13. The average molecular weight is 1010 g/mol. The molecule has 9 heteroatoms. The van der Waals surface area contributed by atoms with Gasteiger partial charge in [0.1, 0.15) is 12.2 Å². The lowest BCUT2D eigenvalue weighted by molar-refractivity contribution is -0.223. The third kappa shape index (κ3) is 9.07. The van der Waals surface area contributed by atoms with Crippen LogP contribution in [-0.2, 0) is 18.0 Å². The Labute approximate surface area is 393 Å². The zero-order valence-electron chi connectivity index (χ0n) is 38.4. The monoisotopic (exact) mass is 1000 g/mol. The molecule has 0 amide bonds. The highest BCUT2D eigenvalue weighted by molar-refractivity contribution is 14.1. The van der Waals surface area contributed by atoms with Crippen LogP contribution in [0.5, 0.6) is 0 Å². The van der Waals surface area contributed by atoms with E-state index < -0.39 is 53.5 Å². The van der Waals surface area contributed by atoms with Gasteiger partial charge in [-0.2, -0.15) is 0 Å². The fraction of sp³-hybridized carbons (Fsp3) is 0.333. The van der Waals surface area contributed by atoms with Crippen molar-refractivity contribution in [2.45, 2.75) is 106 Å². The van der Waals surface area contributed by atoms with Crippen LogP contribution in [0.1, 0.15) is 62.3 Å². The van der Waals surface area contributed by atoms with E-state index in [2.05, 4.69) is 267 Å². The Balaban J connectivity index is 1.49. The molecule has 1 saturated heterocycles. The van der Waals surface area contributed by atoms with E-state index >= 15 is 0 Å². The Kier molecular flexibility index (Phi) is 14.4. The van der Waals surface area contributed by atoms with E-state index in [4.69, 9.17) is 18.0 Å². The van der Waals surface area contributed by atoms with Crippen molar-refractivity contribution in [3.63, 3.8) is 0 Å². The predicted molar refractivity (Wildman–Crippen MR) is 277 cm³/mol. The summed E-state index contributed by atoms with van der Waals surface area (Å²) >= 11 is 2.38. The van der Waals surface area contributed by atoms with Crippen molar-refractivity contribution in [3.8, 4) is 0 Å². The van der Waals surface area contributed by atoms with Gasteiger partial charge in [-0.1, -0.05) is 267 Å². The molecule has 6 aromatic rings. The van der Waals surface area contributed by atoms with E-state index in [0.29, 0.717) is 0 Å². The number of aliphatic hydroxyl groups is 1. The van der Waals surface area contributed by atoms with E-state index in [0.717, 1.165) is 20.7 Å². The van der Waals surface area contributed by atoms with Crippen LogP contribution in [0.2, 0.25) is 15.1 Å². The first kappa shape index (κ1) is 47.5. The predicted octanol–water partition coefficient (Wildman–Crippen LogP) is 8.97. The van der Waals surface area contributed by atoms with Crippen molar-refractivity contribution < 1.29 is 23.1 Å². The summed E-state index contributed by atoms with van der Waals surface area (Å²) in [6, 6.07) is 64.5. The molecule has 0 bridgehead atoms. The lowest BCUT2D eigenvalue weighted by Crippen LogP contribution is -2.75. The number of alkyl halides is 1. The summed E-state index contributed by atoms with van der Waals surface area (Å²) in [7, 11) is -9.56. The summed E-state index contributed by atoms with van der Waals surface area (Å²) in [4.78, 5) is 0. The van der Waals surface area contributed by atoms with Gasteiger partial charge in [0, 0.05) is 0 Å². The highest BCUT2D eigenvalue weighted by atomic mass is 127. The van der Waals surface area contributed by atoms with Crippen molar-refractivity contribution in [1.82, 2.24) is 0 Å². The molecule has 0 radical (unpaired) electrons. The number of hydrogen-bond acceptors (Lipinski definition) is 5. The fourth-order valence-electron chi connectivity index (χ4n) is 10.1. The molecule has 330 valence electrons. The molecule has 0 spiro atoms. The Morgan fingerprint density at radius 2 is 0.683 bits per heavy atom. The molecule has 63 heavy (non-hydrogen) atoms. The maximum absolute atomic E-state index is 12.3. The van der Waals surface area contributed by atoms with Crippen LogP contribution in [-0.4, -0.2) is 65.2 Å². The Bertz CT molecular complexity index is 2220. The minimum Gasteiger partial charge on any atom is -0.405 e. The summed E-state index contributed by atoms with van der Waals surface area (Å²) in [6.45, 7) is 20.9. The highest BCUT2D eigenvalue weighted by Crippen LogP contribution is 2.45. The first-order valence-corrected chi connectivity index (χ1v) is 29.2. The van der Waals surface area contributed by atoms with Crippen LogP contribution in [0.15, 0.2) is 182 Å². The van der Waals surface area contributed by atoms with Gasteiger partial charge >= 0.3 is 0 Å². The number of aliphatic hydroxyl groups excluding tert-OH is 1. The van der Waals surface area contributed by atoms with Crippen LogP contribution in [0.3, 0.4) is 0 Å². The summed E-state index contributed by atoms with van der Waals surface area (Å²) in [6.07, 6.45) is -3.14. The molecule has 0 saturated carbocycles. The van der Waals surface area contributed by atoms with Crippen LogP contribution in [0, 0.1) is 0 Å². The molecule has 1 heterocycles. The Hall–Kier alpha value is -3.50. The summed E-state index contributed by atoms with van der Waals surface area (Å²) < 4.78 is 30.7. The van der Waals surface area contributed by atoms with Gasteiger partial charge in [-0.25, -0.2) is 0 Å². The average Bonchev–Trinajstić information content (AvgIpc) is 3.27. The molecule has 7 rings (SSSR count). The largest absolute Gasteiger partial charge is 0.405 e. The van der Waals surface area contributed by atoms with Gasteiger partial charge in [0.25, 0.3) is 25.0 Å². The minimum atomic E-state index is -3.26. The fourth-order valence-corrected chi connectivity index (χ4v) is 25.0. The van der Waals surface area contributed by atoms with Gasteiger partial charge in [0.15, 0.2) is 6.29 Å². The number of ether oxygens (including phenoxy) is 1. The molecule has 0 unspecified atom stereocenters. The second-order valence-corrected chi connectivity index (χ2v) is 34.2. The van der Waals surface area contributed by atoms with Gasteiger partial charge in [0.2, 0.25) is 0 Å². The summed E-state index contributed by atoms with van der Waals surface area (Å²) in [5, 5.41) is 18.4. The molecule has 0 aromatic heterocycles. The molecule has 5 atom stereocenters. The maximum Gasteiger partial charge on any atom is 0.261 e. The van der Waals surface area contributed by atoms with Gasteiger partial charge in [-0.05, 0) is 46.2 Å². The number of hydrogen-bond donors (Lipinski definition) is 1. The highest BCUT2D eigenvalue weighted by Gasteiger charge is 2.60. The molecule has 1 N–H and O–H groups in total. The number of halogens is 1. The summed E-state index contributed by atoms with van der Waals surface area (Å²) in [5.41, 5.74) is 0. The van der Waals surface area contributed by atoms with Gasteiger partial charge < -0.3 is 23.1 Å². The second kappa shape index (κ2) is 19.1. The van der Waals surface area contributed by atoms with E-state index in [1.807, 2.05) is 0 Å². The maximum atomic E-state index is 12.3. The van der Waals surface area contributed by atoms with Gasteiger partial charge in [0.05, 0.1) is 16.6 Å².